The second kappa shape index (κ2) is 15.1. The topological polar surface area (TPSA) is 213 Å². The van der Waals surface area contributed by atoms with E-state index in [0.717, 1.165) is 45.0 Å². The Bertz CT molecular complexity index is 2010. The number of non-ortho nitro benzene ring substituents is 2. The Morgan fingerprint density at radius 1 is 0.625 bits per heavy atom. The van der Waals surface area contributed by atoms with Crippen molar-refractivity contribution in [3.05, 3.63) is 139 Å². The average Bonchev–Trinajstić information content (AvgIpc) is 3.07. The summed E-state index contributed by atoms with van der Waals surface area (Å²) < 4.78 is 62.7. The van der Waals surface area contributed by atoms with Crippen molar-refractivity contribution in [2.45, 2.75) is 29.3 Å². The summed E-state index contributed by atoms with van der Waals surface area (Å²) >= 11 is 0. The van der Waals surface area contributed by atoms with Crippen molar-refractivity contribution in [2.24, 2.45) is 0 Å². The van der Waals surface area contributed by atoms with E-state index in [2.05, 4.69) is 0 Å². The number of hydrogen-bond donors (Lipinski definition) is 0. The van der Waals surface area contributed by atoms with Crippen molar-refractivity contribution in [1.82, 2.24) is 8.61 Å². The predicted octanol–water partition coefficient (Wildman–Crippen LogP) is 4.89. The van der Waals surface area contributed by atoms with Gasteiger partial charge in [0.25, 0.3) is 17.1 Å². The monoisotopic (exact) mass is 699 g/mol. The van der Waals surface area contributed by atoms with Gasteiger partial charge in [-0.1, -0.05) is 42.5 Å². The lowest BCUT2D eigenvalue weighted by atomic mass is 10.2. The summed E-state index contributed by atoms with van der Waals surface area (Å²) in [6, 6.07) is 21.5. The van der Waals surface area contributed by atoms with Gasteiger partial charge in [0.05, 0.1) is 32.8 Å². The van der Waals surface area contributed by atoms with Gasteiger partial charge in [-0.05, 0) is 47.9 Å². The quantitative estimate of drug-likeness (QED) is 0.113. The normalized spacial score (nSPS) is 11.8. The van der Waals surface area contributed by atoms with Crippen LogP contribution in [-0.2, 0) is 33.1 Å². The van der Waals surface area contributed by atoms with Crippen LogP contribution in [0.25, 0.3) is 0 Å². The smallest absolute Gasteiger partial charge is 0.296 e. The van der Waals surface area contributed by atoms with E-state index in [0.29, 0.717) is 22.9 Å². The van der Waals surface area contributed by atoms with E-state index >= 15 is 0 Å². The highest BCUT2D eigenvalue weighted by Gasteiger charge is 2.34. The number of ether oxygens (including phenoxy) is 1. The molecule has 0 bridgehead atoms. The summed E-state index contributed by atoms with van der Waals surface area (Å²) in [5.74, 6) is 0.493. The third-order valence-corrected chi connectivity index (χ3v) is 10.9. The Morgan fingerprint density at radius 3 is 1.67 bits per heavy atom. The van der Waals surface area contributed by atoms with Crippen LogP contribution in [0, 0.1) is 30.3 Å². The molecule has 16 nitrogen and oxygen atoms in total. The Labute approximate surface area is 275 Å². The lowest BCUT2D eigenvalue weighted by molar-refractivity contribution is -0.396. The molecule has 0 unspecified atom stereocenters. The molecule has 0 aliphatic rings. The van der Waals surface area contributed by atoms with Gasteiger partial charge in [-0.15, -0.1) is 0 Å². The zero-order chi connectivity index (χ0) is 35.1. The SMILES string of the molecule is COc1ccc(CN(CCCN(Cc2ccccc2)S(=O)(=O)c2ccc([N+](=O)[O-])cc2)S(=O)(=O)c2ccc([N+](=O)[O-])cc2[N+](=O)[O-])cc1. The molecule has 0 saturated heterocycles. The van der Waals surface area contributed by atoms with Gasteiger partial charge < -0.3 is 4.74 Å². The first-order chi connectivity index (χ1) is 22.7. The van der Waals surface area contributed by atoms with Gasteiger partial charge in [0.2, 0.25) is 20.0 Å². The van der Waals surface area contributed by atoms with Crippen LogP contribution < -0.4 is 4.74 Å². The summed E-state index contributed by atoms with van der Waals surface area (Å²) in [6.07, 6.45) is -0.0881. The first-order valence-electron chi connectivity index (χ1n) is 14.1. The molecule has 4 aromatic rings. The number of nitro benzene ring substituents is 3. The first-order valence-corrected chi connectivity index (χ1v) is 17.0. The molecular weight excluding hydrogens is 670 g/mol. The summed E-state index contributed by atoms with van der Waals surface area (Å²) in [4.78, 5) is 30.7. The van der Waals surface area contributed by atoms with E-state index in [9.17, 15) is 47.2 Å². The van der Waals surface area contributed by atoms with Gasteiger partial charge in [-0.2, -0.15) is 8.61 Å². The van der Waals surface area contributed by atoms with Crippen LogP contribution in [0.4, 0.5) is 17.1 Å². The van der Waals surface area contributed by atoms with Crippen LogP contribution in [0.1, 0.15) is 17.5 Å². The molecule has 4 aromatic carbocycles. The molecular formula is C30H29N5O11S2. The van der Waals surface area contributed by atoms with Crippen molar-refractivity contribution in [2.75, 3.05) is 20.2 Å². The van der Waals surface area contributed by atoms with Crippen LogP contribution in [0.2, 0.25) is 0 Å². The molecule has 252 valence electrons. The molecule has 0 N–H and O–H groups in total. The van der Waals surface area contributed by atoms with Crippen LogP contribution in [0.5, 0.6) is 5.75 Å². The molecule has 0 amide bonds. The number of nitrogens with zero attached hydrogens (tertiary/aromatic N) is 5. The van der Waals surface area contributed by atoms with Crippen molar-refractivity contribution in [3.63, 3.8) is 0 Å². The third kappa shape index (κ3) is 8.34. The van der Waals surface area contributed by atoms with E-state index in [1.54, 1.807) is 54.6 Å². The van der Waals surface area contributed by atoms with Crippen molar-refractivity contribution in [1.29, 1.82) is 0 Å². The Hall–Kier alpha value is -5.30. The van der Waals surface area contributed by atoms with Crippen molar-refractivity contribution in [3.8, 4) is 5.75 Å². The van der Waals surface area contributed by atoms with Gasteiger partial charge in [0, 0.05) is 44.4 Å². The van der Waals surface area contributed by atoms with E-state index in [1.807, 2.05) is 0 Å². The minimum Gasteiger partial charge on any atom is -0.497 e. The standard InChI is InChI=1S/C30H29N5O11S2/c1-46-27-13-8-24(9-14-27)22-32(48(44,45)30-17-12-26(34(38)39)20-29(30)35(40)41)19-5-18-31(21-23-6-3-2-4-7-23)47(42,43)28-15-10-25(11-16-28)33(36)37/h2-4,6-17,20H,5,18-19,21-22H2,1H3. The van der Waals surface area contributed by atoms with Crippen LogP contribution >= 0.6 is 0 Å². The summed E-state index contributed by atoms with van der Waals surface area (Å²) in [7, 11) is -7.48. The molecule has 0 spiro atoms. The summed E-state index contributed by atoms with van der Waals surface area (Å²) in [5.41, 5.74) is -0.871. The average molecular weight is 700 g/mol. The van der Waals surface area contributed by atoms with E-state index < -0.39 is 51.1 Å². The highest BCUT2D eigenvalue weighted by molar-refractivity contribution is 7.89. The molecule has 0 fully saturated rings. The van der Waals surface area contributed by atoms with E-state index in [4.69, 9.17) is 4.74 Å². The van der Waals surface area contributed by atoms with Crippen LogP contribution in [0.15, 0.2) is 107 Å². The largest absolute Gasteiger partial charge is 0.497 e. The number of rotatable bonds is 16. The highest BCUT2D eigenvalue weighted by Crippen LogP contribution is 2.32. The van der Waals surface area contributed by atoms with E-state index in [1.165, 1.54) is 7.11 Å². The van der Waals surface area contributed by atoms with Crippen molar-refractivity contribution < 1.29 is 36.3 Å². The molecule has 0 radical (unpaired) electrons. The second-order valence-corrected chi connectivity index (χ2v) is 14.1. The lowest BCUT2D eigenvalue weighted by Crippen LogP contribution is -2.36. The Kier molecular flexibility index (Phi) is 11.2. The zero-order valence-electron chi connectivity index (χ0n) is 25.3. The Morgan fingerprint density at radius 2 is 1.15 bits per heavy atom. The first kappa shape index (κ1) is 35.6. The molecule has 18 heteroatoms. The fraction of sp³-hybridized carbons (Fsp3) is 0.200. The molecule has 0 aromatic heterocycles. The second-order valence-electron chi connectivity index (χ2n) is 10.3. The maximum absolute atomic E-state index is 14.0. The maximum atomic E-state index is 14.0. The van der Waals surface area contributed by atoms with E-state index in [-0.39, 0.29) is 43.2 Å². The number of sulfonamides is 2. The zero-order valence-corrected chi connectivity index (χ0v) is 26.9. The van der Waals surface area contributed by atoms with Gasteiger partial charge >= 0.3 is 0 Å². The maximum Gasteiger partial charge on any atom is 0.296 e. The van der Waals surface area contributed by atoms with Crippen LogP contribution in [-0.4, -0.2) is 60.4 Å². The van der Waals surface area contributed by atoms with Crippen LogP contribution in [0.3, 0.4) is 0 Å². The molecule has 0 aliphatic carbocycles. The summed E-state index contributed by atoms with van der Waals surface area (Å²) in [6.45, 7) is -0.928. The molecule has 0 aliphatic heterocycles. The third-order valence-electron chi connectivity index (χ3n) is 7.19. The number of nitro groups is 3. The fourth-order valence-electron chi connectivity index (χ4n) is 4.72. The minimum absolute atomic E-state index is 0.0881. The highest BCUT2D eigenvalue weighted by atomic mass is 32.2. The van der Waals surface area contributed by atoms with Crippen molar-refractivity contribution >= 4 is 37.1 Å². The molecule has 0 saturated carbocycles. The lowest BCUT2D eigenvalue weighted by Gasteiger charge is -2.26. The van der Waals surface area contributed by atoms with Gasteiger partial charge in [0.15, 0.2) is 4.90 Å². The number of benzene rings is 4. The number of hydrogen-bond acceptors (Lipinski definition) is 11. The molecule has 48 heavy (non-hydrogen) atoms. The molecule has 4 rings (SSSR count). The predicted molar refractivity (Wildman–Crippen MR) is 172 cm³/mol. The Balaban J connectivity index is 1.69. The molecule has 0 atom stereocenters. The fourth-order valence-corrected chi connectivity index (χ4v) is 7.79. The number of methoxy groups -OCH3 is 1. The van der Waals surface area contributed by atoms with Gasteiger partial charge in [-0.25, -0.2) is 16.8 Å². The van der Waals surface area contributed by atoms with Gasteiger partial charge in [-0.3, -0.25) is 30.3 Å². The van der Waals surface area contributed by atoms with Gasteiger partial charge in [0.1, 0.15) is 5.75 Å². The molecule has 0 heterocycles. The summed E-state index contributed by atoms with van der Waals surface area (Å²) in [5, 5.41) is 34.2. The minimum atomic E-state index is -4.68.